The summed E-state index contributed by atoms with van der Waals surface area (Å²) in [5, 5.41) is 14.9. The van der Waals surface area contributed by atoms with Crippen molar-refractivity contribution in [3.63, 3.8) is 0 Å². The topological polar surface area (TPSA) is 78.4 Å². The molecule has 1 fully saturated rings. The normalized spacial score (nSPS) is 22.8. The van der Waals surface area contributed by atoms with E-state index in [-0.39, 0.29) is 18.5 Å². The van der Waals surface area contributed by atoms with Crippen LogP contribution in [0.3, 0.4) is 0 Å². The zero-order valence-electron chi connectivity index (χ0n) is 11.5. The third kappa shape index (κ3) is 7.30. The maximum atomic E-state index is 11.7. The van der Waals surface area contributed by atoms with Gasteiger partial charge in [0, 0.05) is 24.3 Å². The van der Waals surface area contributed by atoms with Gasteiger partial charge in [-0.1, -0.05) is 6.42 Å². The van der Waals surface area contributed by atoms with Crippen LogP contribution in [-0.2, 0) is 4.79 Å². The minimum absolute atomic E-state index is 0.123. The van der Waals surface area contributed by atoms with Crippen LogP contribution in [-0.4, -0.2) is 41.2 Å². The van der Waals surface area contributed by atoms with Gasteiger partial charge in [0.1, 0.15) is 0 Å². The highest BCUT2D eigenvalue weighted by Crippen LogP contribution is 2.26. The summed E-state index contributed by atoms with van der Waals surface area (Å²) in [5.74, 6) is -0.783. The number of unbranched alkanes of at least 4 members (excludes halogenated alkanes) is 1. The molecule has 0 spiro atoms. The van der Waals surface area contributed by atoms with E-state index in [1.54, 1.807) is 0 Å². The zero-order chi connectivity index (χ0) is 14.1. The lowest BCUT2D eigenvalue weighted by atomic mass is 9.95. The minimum atomic E-state index is -0.783. The van der Waals surface area contributed by atoms with Crippen LogP contribution in [0, 0.1) is 0 Å². The first kappa shape index (κ1) is 16.1. The van der Waals surface area contributed by atoms with Crippen LogP contribution in [0.25, 0.3) is 0 Å². The van der Waals surface area contributed by atoms with Crippen molar-refractivity contribution >= 4 is 23.8 Å². The Bertz CT molecular complexity index is 300. The van der Waals surface area contributed by atoms with Gasteiger partial charge in [-0.05, 0) is 38.4 Å². The number of thioether (sulfide) groups is 1. The van der Waals surface area contributed by atoms with Gasteiger partial charge in [0.05, 0.1) is 0 Å². The van der Waals surface area contributed by atoms with Crippen molar-refractivity contribution < 1.29 is 14.7 Å². The highest BCUT2D eigenvalue weighted by atomic mass is 32.2. The predicted octanol–water partition coefficient (Wildman–Crippen LogP) is 2.21. The summed E-state index contributed by atoms with van der Waals surface area (Å²) < 4.78 is 0. The number of carbonyl (C=O) groups excluding carboxylic acids is 1. The lowest BCUT2D eigenvalue weighted by Crippen LogP contribution is -2.44. The second-order valence-electron chi connectivity index (χ2n) is 4.97. The van der Waals surface area contributed by atoms with Gasteiger partial charge in [0.2, 0.25) is 0 Å². The fraction of sp³-hybridized carbons (Fsp3) is 0.846. The summed E-state index contributed by atoms with van der Waals surface area (Å²) in [6.07, 6.45) is 8.13. The van der Waals surface area contributed by atoms with Crippen LogP contribution in [0.15, 0.2) is 0 Å². The predicted molar refractivity (Wildman–Crippen MR) is 77.6 cm³/mol. The molecule has 6 heteroatoms. The van der Waals surface area contributed by atoms with Crippen LogP contribution >= 0.6 is 11.8 Å². The third-order valence-electron chi connectivity index (χ3n) is 3.40. The highest BCUT2D eigenvalue weighted by molar-refractivity contribution is 7.99. The van der Waals surface area contributed by atoms with Crippen LogP contribution in [0.2, 0.25) is 0 Å². The van der Waals surface area contributed by atoms with E-state index in [0.29, 0.717) is 24.6 Å². The van der Waals surface area contributed by atoms with E-state index < -0.39 is 5.97 Å². The number of nitrogens with one attached hydrogen (secondary N) is 2. The lowest BCUT2D eigenvalue weighted by Gasteiger charge is -2.28. The molecule has 2 unspecified atom stereocenters. The number of hydrogen-bond acceptors (Lipinski definition) is 3. The largest absolute Gasteiger partial charge is 0.481 e. The van der Waals surface area contributed by atoms with Gasteiger partial charge in [0.25, 0.3) is 0 Å². The third-order valence-corrected chi connectivity index (χ3v) is 4.49. The van der Waals surface area contributed by atoms with E-state index in [9.17, 15) is 9.59 Å². The van der Waals surface area contributed by atoms with Crippen molar-refractivity contribution in [2.75, 3.05) is 12.8 Å². The molecule has 0 aromatic rings. The molecule has 110 valence electrons. The Kier molecular flexibility index (Phi) is 7.70. The van der Waals surface area contributed by atoms with Gasteiger partial charge in [-0.25, -0.2) is 4.79 Å². The van der Waals surface area contributed by atoms with Crippen molar-refractivity contribution in [1.82, 2.24) is 10.6 Å². The molecule has 2 amide bonds. The van der Waals surface area contributed by atoms with Gasteiger partial charge >= 0.3 is 12.0 Å². The summed E-state index contributed by atoms with van der Waals surface area (Å²) >= 11 is 1.88. The van der Waals surface area contributed by atoms with Crippen LogP contribution < -0.4 is 10.6 Å². The molecule has 1 aliphatic rings. The number of carboxylic acids is 1. The molecule has 5 nitrogen and oxygen atoms in total. The molecule has 0 bridgehead atoms. The zero-order valence-corrected chi connectivity index (χ0v) is 12.3. The summed E-state index contributed by atoms with van der Waals surface area (Å²) in [4.78, 5) is 22.0. The fourth-order valence-corrected chi connectivity index (χ4v) is 3.16. The molecular weight excluding hydrogens is 264 g/mol. The summed E-state index contributed by atoms with van der Waals surface area (Å²) in [7, 11) is 0. The Hall–Kier alpha value is -0.910. The molecule has 0 saturated heterocycles. The molecule has 0 aromatic heterocycles. The maximum absolute atomic E-state index is 11.7. The van der Waals surface area contributed by atoms with Crippen molar-refractivity contribution in [2.24, 2.45) is 0 Å². The van der Waals surface area contributed by atoms with E-state index in [1.807, 2.05) is 11.8 Å². The SMILES string of the molecule is CSC1CCCC(NC(=O)NCCCCC(=O)O)C1. The van der Waals surface area contributed by atoms with Gasteiger partial charge in [0.15, 0.2) is 0 Å². The molecule has 1 aliphatic carbocycles. The van der Waals surface area contributed by atoms with Crippen molar-refractivity contribution in [2.45, 2.75) is 56.2 Å². The van der Waals surface area contributed by atoms with Crippen molar-refractivity contribution in [3.05, 3.63) is 0 Å². The summed E-state index contributed by atoms with van der Waals surface area (Å²) in [6.45, 7) is 0.539. The quantitative estimate of drug-likeness (QED) is 0.628. The molecular formula is C13H24N2O3S. The molecule has 0 aliphatic heterocycles. The minimum Gasteiger partial charge on any atom is -0.481 e. The van der Waals surface area contributed by atoms with Gasteiger partial charge < -0.3 is 15.7 Å². The Morgan fingerprint density at radius 3 is 2.79 bits per heavy atom. The van der Waals surface area contributed by atoms with Crippen molar-refractivity contribution in [3.8, 4) is 0 Å². The Morgan fingerprint density at radius 1 is 1.32 bits per heavy atom. The number of aliphatic carboxylic acids is 1. The summed E-state index contributed by atoms with van der Waals surface area (Å²) in [5.41, 5.74) is 0. The van der Waals surface area contributed by atoms with Crippen LogP contribution in [0.5, 0.6) is 0 Å². The van der Waals surface area contributed by atoms with Crippen LogP contribution in [0.4, 0.5) is 4.79 Å². The molecule has 2 atom stereocenters. The molecule has 1 rings (SSSR count). The summed E-state index contributed by atoms with van der Waals surface area (Å²) in [6, 6.07) is 0.160. The average Bonchev–Trinajstić information content (AvgIpc) is 2.38. The smallest absolute Gasteiger partial charge is 0.315 e. The standard InChI is InChI=1S/C13H24N2O3S/c1-19-11-6-4-5-10(9-11)15-13(18)14-8-3-2-7-12(16)17/h10-11H,2-9H2,1H3,(H,16,17)(H2,14,15,18). The molecule has 0 heterocycles. The van der Waals surface area contributed by atoms with E-state index in [0.717, 1.165) is 12.8 Å². The number of carbonyl (C=O) groups is 2. The Labute approximate surface area is 118 Å². The van der Waals surface area contributed by atoms with Crippen LogP contribution in [0.1, 0.15) is 44.9 Å². The van der Waals surface area contributed by atoms with E-state index >= 15 is 0 Å². The fourth-order valence-electron chi connectivity index (χ4n) is 2.33. The number of amides is 2. The van der Waals surface area contributed by atoms with Crippen molar-refractivity contribution in [1.29, 1.82) is 0 Å². The number of hydrogen-bond donors (Lipinski definition) is 3. The van der Waals surface area contributed by atoms with Gasteiger partial charge in [-0.15, -0.1) is 0 Å². The number of rotatable bonds is 7. The highest BCUT2D eigenvalue weighted by Gasteiger charge is 2.22. The first-order valence-electron chi connectivity index (χ1n) is 6.90. The van der Waals surface area contributed by atoms with Gasteiger partial charge in [-0.2, -0.15) is 11.8 Å². The molecule has 0 radical (unpaired) electrons. The number of urea groups is 1. The molecule has 3 N–H and O–H groups in total. The maximum Gasteiger partial charge on any atom is 0.315 e. The van der Waals surface area contributed by atoms with E-state index in [1.165, 1.54) is 12.8 Å². The first-order chi connectivity index (χ1) is 9.11. The second kappa shape index (κ2) is 9.07. The Morgan fingerprint density at radius 2 is 2.11 bits per heavy atom. The average molecular weight is 288 g/mol. The van der Waals surface area contributed by atoms with E-state index in [4.69, 9.17) is 5.11 Å². The molecule has 1 saturated carbocycles. The van der Waals surface area contributed by atoms with E-state index in [2.05, 4.69) is 16.9 Å². The second-order valence-corrected chi connectivity index (χ2v) is 6.11. The lowest BCUT2D eigenvalue weighted by molar-refractivity contribution is -0.137. The molecule has 0 aromatic carbocycles. The molecule has 19 heavy (non-hydrogen) atoms. The first-order valence-corrected chi connectivity index (χ1v) is 8.19. The Balaban J connectivity index is 2.08. The monoisotopic (exact) mass is 288 g/mol. The number of carboxylic acid groups (broad SMARTS) is 1. The van der Waals surface area contributed by atoms with Gasteiger partial charge in [-0.3, -0.25) is 4.79 Å².